The summed E-state index contributed by atoms with van der Waals surface area (Å²) in [4.78, 5) is 25.9. The van der Waals surface area contributed by atoms with E-state index in [0.29, 0.717) is 49.7 Å². The number of anilines is 1. The van der Waals surface area contributed by atoms with Crippen molar-refractivity contribution in [2.75, 3.05) is 37.8 Å². The number of rotatable bonds is 4. The zero-order valence-electron chi connectivity index (χ0n) is 14.8. The molecule has 0 radical (unpaired) electrons. The van der Waals surface area contributed by atoms with Gasteiger partial charge in [-0.25, -0.2) is 0 Å². The Morgan fingerprint density at radius 1 is 1.11 bits per heavy atom. The molecule has 2 heterocycles. The van der Waals surface area contributed by atoms with Crippen molar-refractivity contribution in [3.63, 3.8) is 0 Å². The van der Waals surface area contributed by atoms with Gasteiger partial charge in [-0.3, -0.25) is 14.9 Å². The highest BCUT2D eigenvalue weighted by Gasteiger charge is 2.41. The first-order valence-electron chi connectivity index (χ1n) is 8.93. The van der Waals surface area contributed by atoms with Crippen LogP contribution in [0.15, 0.2) is 48.5 Å². The van der Waals surface area contributed by atoms with E-state index in [0.717, 1.165) is 6.42 Å². The summed E-state index contributed by atoms with van der Waals surface area (Å²) < 4.78 is 11.4. The molecule has 0 bridgehead atoms. The Hall–Kier alpha value is -2.77. The van der Waals surface area contributed by atoms with Crippen molar-refractivity contribution < 1.29 is 19.2 Å². The van der Waals surface area contributed by atoms with Crippen LogP contribution < -0.4 is 4.90 Å². The van der Waals surface area contributed by atoms with Crippen LogP contribution in [0, 0.1) is 10.1 Å². The molecule has 1 spiro atoms. The second-order valence-corrected chi connectivity index (χ2v) is 6.91. The lowest BCUT2D eigenvalue weighted by atomic mass is 9.99. The van der Waals surface area contributed by atoms with Crippen LogP contribution in [0.1, 0.15) is 22.3 Å². The van der Waals surface area contributed by atoms with E-state index < -0.39 is 10.5 Å². The van der Waals surface area contributed by atoms with Gasteiger partial charge in [0, 0.05) is 43.3 Å². The molecule has 7 nitrogen and oxygen atoms in total. The number of nitro benzene ring substituents is 1. The minimum Gasteiger partial charge on any atom is -0.378 e. The molecule has 2 aliphatic rings. The van der Waals surface area contributed by atoms with Gasteiger partial charge in [-0.05, 0) is 12.1 Å². The fourth-order valence-electron chi connectivity index (χ4n) is 3.71. The lowest BCUT2D eigenvalue weighted by Gasteiger charge is -2.40. The van der Waals surface area contributed by atoms with Crippen molar-refractivity contribution in [1.29, 1.82) is 0 Å². The number of carbonyl (C=O) groups excluding carboxylic acids is 1. The van der Waals surface area contributed by atoms with Gasteiger partial charge in [0.2, 0.25) is 0 Å². The molecule has 27 heavy (non-hydrogen) atoms. The summed E-state index contributed by atoms with van der Waals surface area (Å²) >= 11 is 0. The molecular weight excluding hydrogens is 348 g/mol. The highest BCUT2D eigenvalue weighted by molar-refractivity contribution is 6.09. The summed E-state index contributed by atoms with van der Waals surface area (Å²) in [7, 11) is 0. The Labute approximate surface area is 156 Å². The minimum absolute atomic E-state index is 0.0623. The zero-order valence-corrected chi connectivity index (χ0v) is 14.8. The van der Waals surface area contributed by atoms with Crippen LogP contribution in [0.2, 0.25) is 0 Å². The molecule has 2 aromatic carbocycles. The van der Waals surface area contributed by atoms with Crippen molar-refractivity contribution in [3.05, 3.63) is 69.8 Å². The second-order valence-electron chi connectivity index (χ2n) is 6.91. The topological polar surface area (TPSA) is 81.9 Å². The van der Waals surface area contributed by atoms with Crippen LogP contribution in [0.5, 0.6) is 0 Å². The Balaban J connectivity index is 1.65. The normalized spacial score (nSPS) is 22.1. The third-order valence-electron chi connectivity index (χ3n) is 5.13. The summed E-state index contributed by atoms with van der Waals surface area (Å²) in [6.07, 6.45) is 0.780. The largest absolute Gasteiger partial charge is 0.378 e. The summed E-state index contributed by atoms with van der Waals surface area (Å²) in [6.45, 7) is 2.74. The Morgan fingerprint density at radius 3 is 2.63 bits per heavy atom. The first kappa shape index (κ1) is 17.6. The summed E-state index contributed by atoms with van der Waals surface area (Å²) in [5, 5.41) is 11.7. The molecule has 0 amide bonds. The number of ether oxygens (including phenoxy) is 2. The number of nitrogens with zero attached hydrogens (tertiary/aromatic N) is 2. The molecule has 1 unspecified atom stereocenters. The number of morpholine rings is 1. The van der Waals surface area contributed by atoms with Crippen LogP contribution in [-0.4, -0.2) is 49.2 Å². The summed E-state index contributed by atoms with van der Waals surface area (Å²) in [6, 6.07) is 13.5. The van der Waals surface area contributed by atoms with E-state index in [9.17, 15) is 14.9 Å². The molecule has 0 aliphatic carbocycles. The molecular formula is C20H20N2O5. The smallest absolute Gasteiger partial charge is 0.293 e. The Morgan fingerprint density at radius 2 is 1.93 bits per heavy atom. The van der Waals surface area contributed by atoms with Crippen molar-refractivity contribution >= 4 is 17.2 Å². The maximum absolute atomic E-state index is 12.6. The Bertz CT molecular complexity index is 862. The summed E-state index contributed by atoms with van der Waals surface area (Å²) in [5.74, 6) is -0.229. The monoisotopic (exact) mass is 368 g/mol. The molecule has 0 saturated carbocycles. The van der Waals surface area contributed by atoms with Crippen molar-refractivity contribution in [2.45, 2.75) is 12.0 Å². The van der Waals surface area contributed by atoms with Crippen LogP contribution in [-0.2, 0) is 9.47 Å². The van der Waals surface area contributed by atoms with Gasteiger partial charge in [0.15, 0.2) is 5.78 Å². The molecule has 4 rings (SSSR count). The first-order valence-corrected chi connectivity index (χ1v) is 8.93. The fourth-order valence-corrected chi connectivity index (χ4v) is 3.71. The third-order valence-corrected chi connectivity index (χ3v) is 5.13. The number of nitro groups is 1. The second kappa shape index (κ2) is 7.09. The van der Waals surface area contributed by atoms with Crippen LogP contribution >= 0.6 is 0 Å². The van der Waals surface area contributed by atoms with Crippen molar-refractivity contribution in [1.82, 2.24) is 0 Å². The molecule has 7 heteroatoms. The van der Waals surface area contributed by atoms with Crippen molar-refractivity contribution in [3.8, 4) is 0 Å². The van der Waals surface area contributed by atoms with E-state index in [2.05, 4.69) is 0 Å². The van der Waals surface area contributed by atoms with Crippen LogP contribution in [0.3, 0.4) is 0 Å². The van der Waals surface area contributed by atoms with Gasteiger partial charge in [-0.2, -0.15) is 0 Å². The van der Waals surface area contributed by atoms with E-state index in [1.165, 1.54) is 6.07 Å². The van der Waals surface area contributed by atoms with Gasteiger partial charge in [0.05, 0.1) is 18.1 Å². The lowest BCUT2D eigenvalue weighted by molar-refractivity contribution is -0.384. The van der Waals surface area contributed by atoms with Crippen molar-refractivity contribution in [2.24, 2.45) is 0 Å². The molecule has 2 aromatic rings. The van der Waals surface area contributed by atoms with Gasteiger partial charge in [0.1, 0.15) is 11.3 Å². The molecule has 0 N–H and O–H groups in total. The Kier molecular flexibility index (Phi) is 4.63. The maximum atomic E-state index is 12.6. The third kappa shape index (κ3) is 3.43. The number of carbonyl (C=O) groups is 1. The first-order chi connectivity index (χ1) is 13.1. The van der Waals surface area contributed by atoms with Gasteiger partial charge >= 0.3 is 0 Å². The predicted molar refractivity (Wildman–Crippen MR) is 99.3 cm³/mol. The SMILES string of the molecule is O=C(c1ccccc1)c1ccc(N2CCOC3(CCOC3)C2)c([N+](=O)[O-])c1. The lowest BCUT2D eigenvalue weighted by Crippen LogP contribution is -2.52. The average Bonchev–Trinajstić information content (AvgIpc) is 3.15. The van der Waals surface area contributed by atoms with Crippen LogP contribution in [0.25, 0.3) is 0 Å². The highest BCUT2D eigenvalue weighted by Crippen LogP contribution is 2.35. The van der Waals surface area contributed by atoms with E-state index in [4.69, 9.17) is 9.47 Å². The minimum atomic E-state index is -0.426. The molecule has 140 valence electrons. The molecule has 0 aromatic heterocycles. The quantitative estimate of drug-likeness (QED) is 0.469. The summed E-state index contributed by atoms with van der Waals surface area (Å²) in [5.41, 5.74) is 0.869. The van der Waals surface area contributed by atoms with Crippen LogP contribution in [0.4, 0.5) is 11.4 Å². The number of hydrogen-bond acceptors (Lipinski definition) is 6. The van der Waals surface area contributed by atoms with Gasteiger partial charge in [-0.15, -0.1) is 0 Å². The van der Waals surface area contributed by atoms with E-state index in [1.807, 2.05) is 11.0 Å². The molecule has 2 fully saturated rings. The maximum Gasteiger partial charge on any atom is 0.293 e. The standard InChI is InChI=1S/C20H20N2O5/c23-19(15-4-2-1-3-5-15)16-6-7-17(18(12-16)22(24)25)21-9-11-27-20(13-21)8-10-26-14-20/h1-7,12H,8-11,13-14H2. The van der Waals surface area contributed by atoms with Gasteiger partial charge in [0.25, 0.3) is 5.69 Å². The predicted octanol–water partition coefficient (Wildman–Crippen LogP) is 2.82. The van der Waals surface area contributed by atoms with E-state index >= 15 is 0 Å². The van der Waals surface area contributed by atoms with Gasteiger partial charge in [-0.1, -0.05) is 30.3 Å². The van der Waals surface area contributed by atoms with E-state index in [1.54, 1.807) is 36.4 Å². The van der Waals surface area contributed by atoms with Gasteiger partial charge < -0.3 is 14.4 Å². The number of benzene rings is 2. The zero-order chi connectivity index (χ0) is 18.9. The number of ketones is 1. The highest BCUT2D eigenvalue weighted by atomic mass is 16.6. The molecule has 2 saturated heterocycles. The van der Waals surface area contributed by atoms with E-state index in [-0.39, 0.29) is 11.5 Å². The number of hydrogen-bond donors (Lipinski definition) is 0. The average molecular weight is 368 g/mol. The fraction of sp³-hybridized carbons (Fsp3) is 0.350. The molecule has 2 aliphatic heterocycles. The molecule has 1 atom stereocenters.